The lowest BCUT2D eigenvalue weighted by atomic mass is 9.90. The van der Waals surface area contributed by atoms with Crippen molar-refractivity contribution in [2.24, 2.45) is 0 Å². The minimum Gasteiger partial charge on any atom is -0.393 e. The zero-order chi connectivity index (χ0) is 11.3. The standard InChI is InChI=1S/C13H18O2/c1-11(2)13(15,10-14)9-8-12-6-4-3-5-7-12/h3-7,14-15H,1,8-10H2,2H3. The highest BCUT2D eigenvalue weighted by Crippen LogP contribution is 2.21. The first-order chi connectivity index (χ1) is 7.08. The van der Waals surface area contributed by atoms with Crippen LogP contribution in [0.2, 0.25) is 0 Å². The largest absolute Gasteiger partial charge is 0.393 e. The summed E-state index contributed by atoms with van der Waals surface area (Å²) in [4.78, 5) is 0. The average Bonchev–Trinajstić information content (AvgIpc) is 2.27. The second kappa shape index (κ2) is 5.10. The minimum absolute atomic E-state index is 0.269. The summed E-state index contributed by atoms with van der Waals surface area (Å²) in [6.45, 7) is 5.17. The molecule has 1 unspecified atom stereocenters. The van der Waals surface area contributed by atoms with E-state index in [1.54, 1.807) is 6.92 Å². The fraction of sp³-hybridized carbons (Fsp3) is 0.385. The third-order valence-electron chi connectivity index (χ3n) is 2.73. The second-order valence-electron chi connectivity index (χ2n) is 3.96. The van der Waals surface area contributed by atoms with Crippen molar-refractivity contribution < 1.29 is 10.2 Å². The van der Waals surface area contributed by atoms with Crippen LogP contribution < -0.4 is 0 Å². The van der Waals surface area contributed by atoms with Gasteiger partial charge >= 0.3 is 0 Å². The van der Waals surface area contributed by atoms with Crippen molar-refractivity contribution in [2.45, 2.75) is 25.4 Å². The van der Waals surface area contributed by atoms with Crippen LogP contribution in [-0.4, -0.2) is 22.4 Å². The van der Waals surface area contributed by atoms with Gasteiger partial charge in [0.25, 0.3) is 0 Å². The first-order valence-electron chi connectivity index (χ1n) is 5.11. The van der Waals surface area contributed by atoms with E-state index >= 15 is 0 Å². The second-order valence-corrected chi connectivity index (χ2v) is 3.96. The number of hydrogen-bond donors (Lipinski definition) is 2. The molecule has 0 saturated heterocycles. The van der Waals surface area contributed by atoms with Crippen molar-refractivity contribution in [2.75, 3.05) is 6.61 Å². The maximum absolute atomic E-state index is 10.0. The molecular formula is C13H18O2. The van der Waals surface area contributed by atoms with Crippen LogP contribution >= 0.6 is 0 Å². The van der Waals surface area contributed by atoms with Gasteiger partial charge in [-0.2, -0.15) is 0 Å². The summed E-state index contributed by atoms with van der Waals surface area (Å²) >= 11 is 0. The van der Waals surface area contributed by atoms with Crippen molar-refractivity contribution in [3.05, 3.63) is 48.0 Å². The van der Waals surface area contributed by atoms with Crippen LogP contribution in [0, 0.1) is 0 Å². The number of hydrogen-bond acceptors (Lipinski definition) is 2. The molecule has 2 heteroatoms. The van der Waals surface area contributed by atoms with E-state index in [2.05, 4.69) is 6.58 Å². The molecule has 1 aromatic rings. The number of aryl methyl sites for hydroxylation is 1. The summed E-state index contributed by atoms with van der Waals surface area (Å²) in [7, 11) is 0. The lowest BCUT2D eigenvalue weighted by Gasteiger charge is -2.26. The number of aliphatic hydroxyl groups excluding tert-OH is 1. The topological polar surface area (TPSA) is 40.5 Å². The number of rotatable bonds is 5. The Morgan fingerprint density at radius 1 is 1.33 bits per heavy atom. The maximum Gasteiger partial charge on any atom is 0.108 e. The van der Waals surface area contributed by atoms with Crippen LogP contribution in [-0.2, 0) is 6.42 Å². The molecule has 0 bridgehead atoms. The van der Waals surface area contributed by atoms with Crippen molar-refractivity contribution in [3.8, 4) is 0 Å². The van der Waals surface area contributed by atoms with Gasteiger partial charge in [-0.25, -0.2) is 0 Å². The molecule has 0 aliphatic carbocycles. The van der Waals surface area contributed by atoms with Gasteiger partial charge in [-0.15, -0.1) is 0 Å². The fourth-order valence-corrected chi connectivity index (χ4v) is 1.42. The number of aliphatic hydroxyl groups is 2. The van der Waals surface area contributed by atoms with E-state index in [9.17, 15) is 5.11 Å². The number of benzene rings is 1. The van der Waals surface area contributed by atoms with Crippen LogP contribution in [0.1, 0.15) is 18.9 Å². The highest BCUT2D eigenvalue weighted by molar-refractivity contribution is 5.17. The van der Waals surface area contributed by atoms with Gasteiger partial charge in [0.2, 0.25) is 0 Å². The highest BCUT2D eigenvalue weighted by atomic mass is 16.3. The Morgan fingerprint density at radius 2 is 1.93 bits per heavy atom. The Morgan fingerprint density at radius 3 is 2.40 bits per heavy atom. The molecule has 0 aromatic heterocycles. The molecule has 15 heavy (non-hydrogen) atoms. The molecule has 2 N–H and O–H groups in total. The van der Waals surface area contributed by atoms with E-state index in [0.717, 1.165) is 12.0 Å². The Kier molecular flexibility index (Phi) is 4.06. The van der Waals surface area contributed by atoms with Gasteiger partial charge in [0.05, 0.1) is 6.61 Å². The van der Waals surface area contributed by atoms with Crippen LogP contribution in [0.5, 0.6) is 0 Å². The summed E-state index contributed by atoms with van der Waals surface area (Å²) in [5, 5.41) is 19.1. The Balaban J connectivity index is 2.59. The molecule has 0 spiro atoms. The third kappa shape index (κ3) is 3.18. The molecule has 0 aliphatic heterocycles. The molecule has 0 amide bonds. The molecule has 82 valence electrons. The first-order valence-corrected chi connectivity index (χ1v) is 5.11. The van der Waals surface area contributed by atoms with Gasteiger partial charge < -0.3 is 10.2 Å². The SMILES string of the molecule is C=C(C)C(O)(CO)CCc1ccccc1. The lowest BCUT2D eigenvalue weighted by Crippen LogP contribution is -2.34. The predicted molar refractivity (Wildman–Crippen MR) is 61.6 cm³/mol. The van der Waals surface area contributed by atoms with E-state index in [1.807, 2.05) is 30.3 Å². The normalized spacial score (nSPS) is 14.6. The van der Waals surface area contributed by atoms with Crippen LogP contribution in [0.15, 0.2) is 42.5 Å². The van der Waals surface area contributed by atoms with Gasteiger partial charge in [-0.3, -0.25) is 0 Å². The van der Waals surface area contributed by atoms with Crippen molar-refractivity contribution in [3.63, 3.8) is 0 Å². The maximum atomic E-state index is 10.0. The zero-order valence-corrected chi connectivity index (χ0v) is 9.11. The van der Waals surface area contributed by atoms with E-state index in [1.165, 1.54) is 0 Å². The third-order valence-corrected chi connectivity index (χ3v) is 2.73. The molecule has 1 rings (SSSR count). The summed E-state index contributed by atoms with van der Waals surface area (Å²) < 4.78 is 0. The molecule has 0 fully saturated rings. The average molecular weight is 206 g/mol. The summed E-state index contributed by atoms with van der Waals surface area (Å²) in [5.74, 6) is 0. The summed E-state index contributed by atoms with van der Waals surface area (Å²) in [5.41, 5.74) is 0.627. The molecular weight excluding hydrogens is 188 g/mol. The van der Waals surface area contributed by atoms with Crippen molar-refractivity contribution in [1.82, 2.24) is 0 Å². The molecule has 2 nitrogen and oxygen atoms in total. The van der Waals surface area contributed by atoms with Gasteiger partial charge in [-0.05, 0) is 30.9 Å². The monoisotopic (exact) mass is 206 g/mol. The Hall–Kier alpha value is -1.12. The van der Waals surface area contributed by atoms with Gasteiger partial charge in [0.1, 0.15) is 5.60 Å². The molecule has 1 atom stereocenters. The van der Waals surface area contributed by atoms with Crippen molar-refractivity contribution in [1.29, 1.82) is 0 Å². The van der Waals surface area contributed by atoms with E-state index in [4.69, 9.17) is 5.11 Å². The molecule has 0 saturated carbocycles. The quantitative estimate of drug-likeness (QED) is 0.723. The van der Waals surface area contributed by atoms with Crippen LogP contribution in [0.25, 0.3) is 0 Å². The fourth-order valence-electron chi connectivity index (χ4n) is 1.42. The highest BCUT2D eigenvalue weighted by Gasteiger charge is 2.26. The molecule has 0 radical (unpaired) electrons. The first kappa shape index (κ1) is 12.0. The molecule has 1 aromatic carbocycles. The Bertz CT molecular complexity index is 319. The predicted octanol–water partition coefficient (Wildman–Crippen LogP) is 1.92. The van der Waals surface area contributed by atoms with Gasteiger partial charge in [0.15, 0.2) is 0 Å². The van der Waals surface area contributed by atoms with Crippen LogP contribution in [0.3, 0.4) is 0 Å². The Labute approximate surface area is 90.9 Å². The van der Waals surface area contributed by atoms with Crippen molar-refractivity contribution >= 4 is 0 Å². The van der Waals surface area contributed by atoms with Crippen LogP contribution in [0.4, 0.5) is 0 Å². The summed E-state index contributed by atoms with van der Waals surface area (Å²) in [6, 6.07) is 9.91. The summed E-state index contributed by atoms with van der Waals surface area (Å²) in [6.07, 6.45) is 1.24. The van der Waals surface area contributed by atoms with Gasteiger partial charge in [0, 0.05) is 0 Å². The zero-order valence-electron chi connectivity index (χ0n) is 9.11. The van der Waals surface area contributed by atoms with Gasteiger partial charge in [-0.1, -0.05) is 36.9 Å². The molecule has 0 aliphatic rings. The lowest BCUT2D eigenvalue weighted by molar-refractivity contribution is 0.0110. The van der Waals surface area contributed by atoms with E-state index < -0.39 is 5.60 Å². The molecule has 0 heterocycles. The minimum atomic E-state index is -1.14. The van der Waals surface area contributed by atoms with E-state index in [-0.39, 0.29) is 6.61 Å². The van der Waals surface area contributed by atoms with E-state index in [0.29, 0.717) is 12.0 Å². The smallest absolute Gasteiger partial charge is 0.108 e.